The van der Waals surface area contributed by atoms with E-state index in [-0.39, 0.29) is 0 Å². The Hall–Kier alpha value is -1.08. The largest absolute Gasteiger partial charge is 0.310 e. The highest BCUT2D eigenvalue weighted by atomic mass is 14.9. The summed E-state index contributed by atoms with van der Waals surface area (Å²) in [4.78, 5) is 0. The average molecular weight is 271 g/mol. The van der Waals surface area contributed by atoms with Gasteiger partial charge in [0.1, 0.15) is 0 Å². The van der Waals surface area contributed by atoms with E-state index in [1.165, 1.54) is 36.9 Å². The molecule has 1 N–H and O–H groups in total. The molecule has 1 aromatic rings. The lowest BCUT2D eigenvalue weighted by molar-refractivity contribution is 0.512. The summed E-state index contributed by atoms with van der Waals surface area (Å²) >= 11 is 0. The summed E-state index contributed by atoms with van der Waals surface area (Å²) in [6, 6.07) is 9.66. The van der Waals surface area contributed by atoms with Gasteiger partial charge in [0, 0.05) is 6.04 Å². The molecule has 0 aliphatic carbocycles. The van der Waals surface area contributed by atoms with Crippen LogP contribution in [0.2, 0.25) is 0 Å². The minimum atomic E-state index is 0.570. The normalized spacial score (nSPS) is 23.0. The topological polar surface area (TPSA) is 12.0 Å². The number of nitrogens with one attached hydrogen (secondary N) is 1. The van der Waals surface area contributed by atoms with Crippen molar-refractivity contribution in [1.82, 2.24) is 5.32 Å². The summed E-state index contributed by atoms with van der Waals surface area (Å²) in [5.74, 6) is 1.61. The Morgan fingerprint density at radius 1 is 1.25 bits per heavy atom. The summed E-state index contributed by atoms with van der Waals surface area (Å²) in [5.41, 5.74) is 2.77. The summed E-state index contributed by atoms with van der Waals surface area (Å²) < 4.78 is 0. The first kappa shape index (κ1) is 15.3. The van der Waals surface area contributed by atoms with Crippen LogP contribution < -0.4 is 5.32 Å². The van der Waals surface area contributed by atoms with Gasteiger partial charge in [0.2, 0.25) is 0 Å². The number of rotatable bonds is 6. The molecular weight excluding hydrogens is 242 g/mol. The zero-order chi connectivity index (χ0) is 14.4. The predicted molar refractivity (Wildman–Crippen MR) is 88.7 cm³/mol. The third-order valence-corrected chi connectivity index (χ3v) is 4.18. The van der Waals surface area contributed by atoms with Crippen LogP contribution in [-0.2, 0) is 0 Å². The van der Waals surface area contributed by atoms with Crippen LogP contribution in [0.15, 0.2) is 30.3 Å². The Balaban J connectivity index is 1.90. The lowest BCUT2D eigenvalue weighted by atomic mass is 9.96. The van der Waals surface area contributed by atoms with Gasteiger partial charge in [-0.1, -0.05) is 63.6 Å². The number of allylic oxidation sites excluding steroid dienone is 1. The van der Waals surface area contributed by atoms with Crippen LogP contribution in [0.1, 0.15) is 63.6 Å². The molecule has 2 rings (SSSR count). The van der Waals surface area contributed by atoms with Crippen LogP contribution in [-0.4, -0.2) is 6.54 Å². The molecule has 2 unspecified atom stereocenters. The van der Waals surface area contributed by atoms with Crippen molar-refractivity contribution in [3.8, 4) is 0 Å². The van der Waals surface area contributed by atoms with Crippen molar-refractivity contribution >= 4 is 6.08 Å². The Kier molecular flexibility index (Phi) is 5.85. The van der Waals surface area contributed by atoms with Crippen LogP contribution in [0.5, 0.6) is 0 Å². The van der Waals surface area contributed by atoms with E-state index in [4.69, 9.17) is 0 Å². The molecule has 1 aromatic carbocycles. The van der Waals surface area contributed by atoms with Crippen molar-refractivity contribution in [2.75, 3.05) is 6.54 Å². The molecule has 1 aliphatic heterocycles. The minimum absolute atomic E-state index is 0.570. The molecule has 110 valence electrons. The van der Waals surface area contributed by atoms with Crippen molar-refractivity contribution in [1.29, 1.82) is 0 Å². The SMILES string of the molecule is CCCC1CNC(c2ccc(/C=C/CC(C)C)cc2)C1. The van der Waals surface area contributed by atoms with E-state index < -0.39 is 0 Å². The fourth-order valence-electron chi connectivity index (χ4n) is 3.01. The molecule has 0 amide bonds. The molecule has 1 heteroatoms. The summed E-state index contributed by atoms with van der Waals surface area (Å²) in [6.45, 7) is 7.98. The van der Waals surface area contributed by atoms with Crippen LogP contribution >= 0.6 is 0 Å². The Morgan fingerprint density at radius 2 is 2.00 bits per heavy atom. The summed E-state index contributed by atoms with van der Waals surface area (Å²) in [5, 5.41) is 3.67. The van der Waals surface area contributed by atoms with Crippen molar-refractivity contribution in [2.24, 2.45) is 11.8 Å². The van der Waals surface area contributed by atoms with Gasteiger partial charge in [-0.25, -0.2) is 0 Å². The average Bonchev–Trinajstić information content (AvgIpc) is 2.88. The lowest BCUT2D eigenvalue weighted by Crippen LogP contribution is -2.13. The van der Waals surface area contributed by atoms with Crippen LogP contribution in [0.4, 0.5) is 0 Å². The lowest BCUT2D eigenvalue weighted by Gasteiger charge is -2.11. The van der Waals surface area contributed by atoms with E-state index in [1.807, 2.05) is 0 Å². The molecule has 0 aromatic heterocycles. The van der Waals surface area contributed by atoms with E-state index in [1.54, 1.807) is 0 Å². The first-order valence-electron chi connectivity index (χ1n) is 8.19. The van der Waals surface area contributed by atoms with Crippen LogP contribution in [0, 0.1) is 11.8 Å². The third-order valence-electron chi connectivity index (χ3n) is 4.18. The standard InChI is InChI=1S/C19H29N/c1-4-6-17-13-19(20-14-17)18-11-9-16(10-12-18)8-5-7-15(2)3/h5,8-12,15,17,19-20H,4,6-7,13-14H2,1-3H3/b8-5+. The van der Waals surface area contributed by atoms with Gasteiger partial charge >= 0.3 is 0 Å². The molecule has 20 heavy (non-hydrogen) atoms. The van der Waals surface area contributed by atoms with E-state index in [9.17, 15) is 0 Å². The molecule has 2 atom stereocenters. The number of benzene rings is 1. The molecule has 0 spiro atoms. The van der Waals surface area contributed by atoms with Gasteiger partial charge in [-0.2, -0.15) is 0 Å². The monoisotopic (exact) mass is 271 g/mol. The van der Waals surface area contributed by atoms with Gasteiger partial charge in [0.15, 0.2) is 0 Å². The highest BCUT2D eigenvalue weighted by Crippen LogP contribution is 2.29. The molecule has 0 saturated carbocycles. The van der Waals surface area contributed by atoms with Crippen LogP contribution in [0.25, 0.3) is 6.08 Å². The molecule has 1 nitrogen and oxygen atoms in total. The van der Waals surface area contributed by atoms with Crippen molar-refractivity contribution in [2.45, 2.75) is 52.5 Å². The summed E-state index contributed by atoms with van der Waals surface area (Å²) in [6.07, 6.45) is 9.65. The Bertz CT molecular complexity index is 416. The molecule has 1 aliphatic rings. The second-order valence-electron chi connectivity index (χ2n) is 6.55. The Morgan fingerprint density at radius 3 is 2.65 bits per heavy atom. The zero-order valence-corrected chi connectivity index (χ0v) is 13.2. The molecule has 1 saturated heterocycles. The van der Waals surface area contributed by atoms with Crippen LogP contribution in [0.3, 0.4) is 0 Å². The Labute approximate surface area is 124 Å². The van der Waals surface area contributed by atoms with E-state index in [0.29, 0.717) is 6.04 Å². The summed E-state index contributed by atoms with van der Waals surface area (Å²) in [7, 11) is 0. The van der Waals surface area contributed by atoms with Gasteiger partial charge in [-0.15, -0.1) is 0 Å². The van der Waals surface area contributed by atoms with Gasteiger partial charge < -0.3 is 5.32 Å². The first-order valence-corrected chi connectivity index (χ1v) is 8.19. The second kappa shape index (κ2) is 7.64. The quantitative estimate of drug-likeness (QED) is 0.750. The highest BCUT2D eigenvalue weighted by molar-refractivity contribution is 5.49. The number of hydrogen-bond acceptors (Lipinski definition) is 1. The zero-order valence-electron chi connectivity index (χ0n) is 13.2. The van der Waals surface area contributed by atoms with Gasteiger partial charge in [-0.3, -0.25) is 0 Å². The maximum Gasteiger partial charge on any atom is 0.0323 e. The van der Waals surface area contributed by atoms with Gasteiger partial charge in [0.05, 0.1) is 0 Å². The molecular formula is C19H29N. The van der Waals surface area contributed by atoms with Gasteiger partial charge in [0.25, 0.3) is 0 Å². The molecule has 0 bridgehead atoms. The predicted octanol–water partition coefficient (Wildman–Crippen LogP) is 5.20. The smallest absolute Gasteiger partial charge is 0.0323 e. The maximum absolute atomic E-state index is 3.67. The number of hydrogen-bond donors (Lipinski definition) is 1. The van der Waals surface area contributed by atoms with Gasteiger partial charge in [-0.05, 0) is 48.8 Å². The highest BCUT2D eigenvalue weighted by Gasteiger charge is 2.24. The second-order valence-corrected chi connectivity index (χ2v) is 6.55. The van der Waals surface area contributed by atoms with Crippen molar-refractivity contribution < 1.29 is 0 Å². The fourth-order valence-corrected chi connectivity index (χ4v) is 3.01. The molecule has 1 fully saturated rings. The van der Waals surface area contributed by atoms with E-state index in [0.717, 1.165) is 18.3 Å². The first-order chi connectivity index (χ1) is 9.69. The maximum atomic E-state index is 3.67. The minimum Gasteiger partial charge on any atom is -0.310 e. The molecule has 1 heterocycles. The van der Waals surface area contributed by atoms with E-state index >= 15 is 0 Å². The van der Waals surface area contributed by atoms with Crippen molar-refractivity contribution in [3.05, 3.63) is 41.5 Å². The van der Waals surface area contributed by atoms with Crippen molar-refractivity contribution in [3.63, 3.8) is 0 Å². The molecule has 0 radical (unpaired) electrons. The fraction of sp³-hybridized carbons (Fsp3) is 0.579. The van der Waals surface area contributed by atoms with E-state index in [2.05, 4.69) is 62.5 Å². The third kappa shape index (κ3) is 4.49.